The van der Waals surface area contributed by atoms with Gasteiger partial charge in [0.15, 0.2) is 5.16 Å². The number of benzene rings is 1. The molecule has 0 saturated heterocycles. The molecule has 2 aromatic heterocycles. The lowest BCUT2D eigenvalue weighted by Crippen LogP contribution is -2.04. The van der Waals surface area contributed by atoms with E-state index in [4.69, 9.17) is 9.47 Å². The van der Waals surface area contributed by atoms with Crippen LogP contribution in [0.5, 0.6) is 11.5 Å². The molecule has 0 fully saturated rings. The Labute approximate surface area is 165 Å². The highest BCUT2D eigenvalue weighted by molar-refractivity contribution is 7.98. The molecule has 0 aliphatic carbocycles. The lowest BCUT2D eigenvalue weighted by atomic mass is 10.2. The van der Waals surface area contributed by atoms with Crippen molar-refractivity contribution in [3.8, 4) is 11.5 Å². The first kappa shape index (κ1) is 20.3. The van der Waals surface area contributed by atoms with Crippen molar-refractivity contribution in [1.82, 2.24) is 15.0 Å². The molecule has 3 aromatic rings. The predicted molar refractivity (Wildman–Crippen MR) is 103 cm³/mol. The fraction of sp³-hybridized carbons (Fsp3) is 0.368. The zero-order valence-electron chi connectivity index (χ0n) is 15.6. The minimum Gasteiger partial charge on any atom is -0.493 e. The molecule has 0 unspecified atom stereocenters. The summed E-state index contributed by atoms with van der Waals surface area (Å²) in [5.41, 5.74) is 3.21. The Hall–Kier alpha value is -2.39. The normalized spacial score (nSPS) is 11.3. The molecular formula is C19H21F2N3O3S. The van der Waals surface area contributed by atoms with Crippen molar-refractivity contribution in [2.24, 2.45) is 0 Å². The number of thioether (sulfide) groups is 1. The molecule has 0 aliphatic heterocycles. The van der Waals surface area contributed by atoms with E-state index >= 15 is 0 Å². The van der Waals surface area contributed by atoms with Crippen LogP contribution in [-0.4, -0.2) is 41.9 Å². The van der Waals surface area contributed by atoms with E-state index in [9.17, 15) is 8.78 Å². The summed E-state index contributed by atoms with van der Waals surface area (Å²) in [6.45, 7) is 0.352. The second-order valence-electron chi connectivity index (χ2n) is 5.96. The topological polar surface area (TPSA) is 69.3 Å². The Morgan fingerprint density at radius 1 is 1.21 bits per heavy atom. The average Bonchev–Trinajstić information content (AvgIpc) is 3.07. The number of alkyl halides is 2. The average molecular weight is 409 g/mol. The van der Waals surface area contributed by atoms with Crippen molar-refractivity contribution in [2.75, 3.05) is 20.3 Å². The quantitative estimate of drug-likeness (QED) is 0.391. The van der Waals surface area contributed by atoms with E-state index in [1.165, 1.54) is 23.9 Å². The van der Waals surface area contributed by atoms with E-state index < -0.39 is 6.61 Å². The number of pyridine rings is 1. The van der Waals surface area contributed by atoms with Gasteiger partial charge in [-0.25, -0.2) is 4.98 Å². The van der Waals surface area contributed by atoms with Gasteiger partial charge in [0, 0.05) is 43.7 Å². The molecule has 6 nitrogen and oxygen atoms in total. The number of nitrogens with one attached hydrogen (secondary N) is 1. The first-order chi connectivity index (χ1) is 13.6. The van der Waals surface area contributed by atoms with Crippen molar-refractivity contribution >= 4 is 22.8 Å². The summed E-state index contributed by atoms with van der Waals surface area (Å²) in [6.07, 6.45) is 2.54. The number of methoxy groups -OCH3 is 1. The van der Waals surface area contributed by atoms with Crippen LogP contribution in [0.15, 0.2) is 35.6 Å². The summed E-state index contributed by atoms with van der Waals surface area (Å²) in [5.74, 6) is 1.49. The van der Waals surface area contributed by atoms with Crippen LogP contribution in [0, 0.1) is 6.92 Å². The Bertz CT molecular complexity index is 921. The number of ether oxygens (including phenoxy) is 3. The van der Waals surface area contributed by atoms with E-state index in [1.807, 2.05) is 13.0 Å². The second-order valence-corrected chi connectivity index (χ2v) is 6.93. The molecule has 0 atom stereocenters. The fourth-order valence-corrected chi connectivity index (χ4v) is 3.50. The number of nitrogens with zero attached hydrogens (tertiary/aromatic N) is 2. The Morgan fingerprint density at radius 2 is 2.07 bits per heavy atom. The van der Waals surface area contributed by atoms with E-state index in [0.29, 0.717) is 29.6 Å². The number of hydrogen-bond acceptors (Lipinski definition) is 6. The second kappa shape index (κ2) is 9.70. The number of imidazole rings is 1. The van der Waals surface area contributed by atoms with Crippen LogP contribution in [-0.2, 0) is 10.5 Å². The third kappa shape index (κ3) is 5.32. The number of rotatable bonds is 10. The Morgan fingerprint density at radius 3 is 2.86 bits per heavy atom. The molecule has 28 heavy (non-hydrogen) atoms. The van der Waals surface area contributed by atoms with Crippen LogP contribution in [0.3, 0.4) is 0 Å². The van der Waals surface area contributed by atoms with Crippen LogP contribution in [0.2, 0.25) is 0 Å². The summed E-state index contributed by atoms with van der Waals surface area (Å²) < 4.78 is 39.9. The van der Waals surface area contributed by atoms with Crippen LogP contribution < -0.4 is 9.47 Å². The first-order valence-electron chi connectivity index (χ1n) is 8.70. The zero-order valence-corrected chi connectivity index (χ0v) is 16.4. The largest absolute Gasteiger partial charge is 0.493 e. The zero-order chi connectivity index (χ0) is 19.9. The minimum atomic E-state index is -2.86. The van der Waals surface area contributed by atoms with Crippen LogP contribution in [0.25, 0.3) is 11.0 Å². The van der Waals surface area contributed by atoms with Gasteiger partial charge in [0.1, 0.15) is 11.5 Å². The van der Waals surface area contributed by atoms with Gasteiger partial charge in [0.05, 0.1) is 23.3 Å². The number of fused-ring (bicyclic) bond motifs is 1. The third-order valence-corrected chi connectivity index (χ3v) is 4.90. The monoisotopic (exact) mass is 409 g/mol. The van der Waals surface area contributed by atoms with E-state index in [1.54, 1.807) is 19.4 Å². The molecule has 0 saturated carbocycles. The van der Waals surface area contributed by atoms with E-state index in [-0.39, 0.29) is 5.75 Å². The SMILES string of the molecule is COCCCOc1ccnc(CSc2nc3cc(OC(F)F)ccc3[nH]2)c1C. The lowest BCUT2D eigenvalue weighted by Gasteiger charge is -2.11. The molecule has 0 bridgehead atoms. The summed E-state index contributed by atoms with van der Waals surface area (Å²) in [4.78, 5) is 12.0. The summed E-state index contributed by atoms with van der Waals surface area (Å²) in [7, 11) is 1.66. The first-order valence-corrected chi connectivity index (χ1v) is 9.69. The van der Waals surface area contributed by atoms with Gasteiger partial charge in [-0.3, -0.25) is 4.98 Å². The molecule has 0 aliphatic rings. The molecule has 1 aromatic carbocycles. The van der Waals surface area contributed by atoms with Gasteiger partial charge in [-0.05, 0) is 25.1 Å². The van der Waals surface area contributed by atoms with Gasteiger partial charge >= 0.3 is 6.61 Å². The number of aromatic nitrogens is 3. The van der Waals surface area contributed by atoms with Gasteiger partial charge in [-0.2, -0.15) is 8.78 Å². The smallest absolute Gasteiger partial charge is 0.387 e. The van der Waals surface area contributed by atoms with Gasteiger partial charge in [-0.15, -0.1) is 0 Å². The van der Waals surface area contributed by atoms with Crippen molar-refractivity contribution < 1.29 is 23.0 Å². The maximum absolute atomic E-state index is 12.3. The highest BCUT2D eigenvalue weighted by Crippen LogP contribution is 2.28. The number of H-pyrrole nitrogens is 1. The van der Waals surface area contributed by atoms with Gasteiger partial charge in [0.25, 0.3) is 0 Å². The Balaban J connectivity index is 1.65. The lowest BCUT2D eigenvalue weighted by molar-refractivity contribution is -0.0497. The van der Waals surface area contributed by atoms with E-state index in [0.717, 1.165) is 28.9 Å². The maximum atomic E-state index is 12.3. The fourth-order valence-electron chi connectivity index (χ4n) is 2.59. The highest BCUT2D eigenvalue weighted by Gasteiger charge is 2.11. The molecule has 0 radical (unpaired) electrons. The van der Waals surface area contributed by atoms with Crippen molar-refractivity contribution in [3.05, 3.63) is 41.7 Å². The molecule has 1 N–H and O–H groups in total. The van der Waals surface area contributed by atoms with Crippen molar-refractivity contribution in [2.45, 2.75) is 30.9 Å². The minimum absolute atomic E-state index is 0.0846. The summed E-state index contributed by atoms with van der Waals surface area (Å²) >= 11 is 1.48. The van der Waals surface area contributed by atoms with Crippen molar-refractivity contribution in [3.63, 3.8) is 0 Å². The van der Waals surface area contributed by atoms with Crippen LogP contribution in [0.1, 0.15) is 17.7 Å². The predicted octanol–water partition coefficient (Wildman–Crippen LogP) is 4.58. The summed E-state index contributed by atoms with van der Waals surface area (Å²) in [6, 6.07) is 6.49. The van der Waals surface area contributed by atoms with Gasteiger partial charge in [0.2, 0.25) is 0 Å². The molecule has 3 rings (SSSR count). The standard InChI is InChI=1S/C19H21F2N3O3S/c1-12-16(22-7-6-17(12)26-9-3-8-25-2)11-28-19-23-14-5-4-13(27-18(20)21)10-15(14)24-19/h4-7,10,18H,3,8-9,11H2,1-2H3,(H,23,24). The number of aromatic amines is 1. The van der Waals surface area contributed by atoms with Crippen LogP contribution in [0.4, 0.5) is 8.78 Å². The molecule has 0 spiro atoms. The maximum Gasteiger partial charge on any atom is 0.387 e. The van der Waals surface area contributed by atoms with Gasteiger partial charge < -0.3 is 19.2 Å². The molecule has 150 valence electrons. The molecule has 2 heterocycles. The van der Waals surface area contributed by atoms with Gasteiger partial charge in [-0.1, -0.05) is 11.8 Å². The third-order valence-electron chi connectivity index (χ3n) is 4.01. The molecule has 0 amide bonds. The summed E-state index contributed by atoms with van der Waals surface area (Å²) in [5, 5.41) is 0.678. The number of halogens is 2. The number of hydrogen-bond donors (Lipinski definition) is 1. The van der Waals surface area contributed by atoms with Crippen molar-refractivity contribution in [1.29, 1.82) is 0 Å². The molecular weight excluding hydrogens is 388 g/mol. The highest BCUT2D eigenvalue weighted by atomic mass is 32.2. The van der Waals surface area contributed by atoms with Crippen LogP contribution >= 0.6 is 11.8 Å². The van der Waals surface area contributed by atoms with E-state index in [2.05, 4.69) is 19.7 Å². The Kier molecular flexibility index (Phi) is 7.05. The molecule has 9 heteroatoms.